The molecule has 0 bridgehead atoms. The molecule has 10 heavy (non-hydrogen) atoms. The van der Waals surface area contributed by atoms with Crippen molar-refractivity contribution in [1.82, 2.24) is 0 Å². The van der Waals surface area contributed by atoms with Crippen LogP contribution in [-0.2, 0) is 9.09 Å². The Balaban J connectivity index is 4.09. The summed E-state index contributed by atoms with van der Waals surface area (Å²) in [5, 5.41) is 0. The number of hydrogen-bond donors (Lipinski definition) is 0. The molecule has 0 aromatic carbocycles. The predicted octanol–water partition coefficient (Wildman–Crippen LogP) is 2.85. The summed E-state index contributed by atoms with van der Waals surface area (Å²) in [6.07, 6.45) is 2.37. The average Bonchev–Trinajstić information content (AvgIpc) is 1.89. The lowest BCUT2D eigenvalue weighted by Crippen LogP contribution is -1.88. The van der Waals surface area contributed by atoms with Crippen molar-refractivity contribution in [3.8, 4) is 0 Å². The molecule has 0 aliphatic heterocycles. The highest BCUT2D eigenvalue weighted by Gasteiger charge is 2.13. The fraction of sp³-hybridized carbons (Fsp3) is 0.714. The third-order valence-electron chi connectivity index (χ3n) is 1.16. The standard InChI is InChI=1S/C7H15O2P/c1-4-7-10(8,6-3)9-5-2/h4,7H,5-6H2,1-3H3. The number of rotatable bonds is 4. The van der Waals surface area contributed by atoms with Gasteiger partial charge in [-0.05, 0) is 19.7 Å². The monoisotopic (exact) mass is 162 g/mol. The zero-order valence-electron chi connectivity index (χ0n) is 6.83. The second-order valence-electron chi connectivity index (χ2n) is 1.94. The topological polar surface area (TPSA) is 26.3 Å². The van der Waals surface area contributed by atoms with Crippen LogP contribution < -0.4 is 0 Å². The van der Waals surface area contributed by atoms with E-state index < -0.39 is 7.37 Å². The smallest absolute Gasteiger partial charge is 0.224 e. The number of allylic oxidation sites excluding steroid dienone is 1. The van der Waals surface area contributed by atoms with Gasteiger partial charge in [0.05, 0.1) is 6.61 Å². The molecule has 0 amide bonds. The zero-order valence-corrected chi connectivity index (χ0v) is 7.73. The quantitative estimate of drug-likeness (QED) is 0.594. The van der Waals surface area contributed by atoms with Gasteiger partial charge in [-0.1, -0.05) is 13.0 Å². The number of hydrogen-bond acceptors (Lipinski definition) is 2. The summed E-state index contributed by atoms with van der Waals surface area (Å²) in [5.41, 5.74) is 0. The molecule has 1 atom stereocenters. The van der Waals surface area contributed by atoms with Gasteiger partial charge in [-0.15, -0.1) is 0 Å². The van der Waals surface area contributed by atoms with Crippen LogP contribution in [0.3, 0.4) is 0 Å². The first-order valence-electron chi connectivity index (χ1n) is 3.55. The first-order valence-corrected chi connectivity index (χ1v) is 5.43. The molecule has 0 rings (SSSR count). The highest BCUT2D eigenvalue weighted by molar-refractivity contribution is 7.62. The van der Waals surface area contributed by atoms with Gasteiger partial charge in [0.15, 0.2) is 0 Å². The summed E-state index contributed by atoms with van der Waals surface area (Å²) in [5.74, 6) is 1.66. The first-order chi connectivity index (χ1) is 4.68. The van der Waals surface area contributed by atoms with Gasteiger partial charge in [-0.3, -0.25) is 4.57 Å². The molecule has 0 heterocycles. The first kappa shape index (κ1) is 9.93. The molecular weight excluding hydrogens is 147 g/mol. The van der Waals surface area contributed by atoms with Gasteiger partial charge in [0.25, 0.3) is 0 Å². The van der Waals surface area contributed by atoms with Crippen molar-refractivity contribution in [3.63, 3.8) is 0 Å². The minimum Gasteiger partial charge on any atom is -0.326 e. The van der Waals surface area contributed by atoms with Gasteiger partial charge in [-0.25, -0.2) is 0 Å². The Bertz CT molecular complexity index is 152. The van der Waals surface area contributed by atoms with Crippen LogP contribution in [0.1, 0.15) is 20.8 Å². The van der Waals surface area contributed by atoms with Crippen molar-refractivity contribution < 1.29 is 9.09 Å². The summed E-state index contributed by atoms with van der Waals surface area (Å²) < 4.78 is 16.6. The lowest BCUT2D eigenvalue weighted by Gasteiger charge is -2.09. The Morgan fingerprint density at radius 1 is 1.50 bits per heavy atom. The van der Waals surface area contributed by atoms with E-state index in [0.717, 1.165) is 0 Å². The third kappa shape index (κ3) is 3.19. The SMILES string of the molecule is CC=CP(=O)(CC)OCC. The van der Waals surface area contributed by atoms with Gasteiger partial charge < -0.3 is 4.52 Å². The van der Waals surface area contributed by atoms with Crippen LogP contribution >= 0.6 is 7.37 Å². The van der Waals surface area contributed by atoms with Gasteiger partial charge in [0, 0.05) is 6.16 Å². The van der Waals surface area contributed by atoms with E-state index in [1.807, 2.05) is 20.8 Å². The van der Waals surface area contributed by atoms with E-state index in [0.29, 0.717) is 12.8 Å². The van der Waals surface area contributed by atoms with Crippen LogP contribution in [0.25, 0.3) is 0 Å². The van der Waals surface area contributed by atoms with Crippen molar-refractivity contribution in [2.75, 3.05) is 12.8 Å². The maximum absolute atomic E-state index is 11.5. The summed E-state index contributed by atoms with van der Waals surface area (Å²) in [7, 11) is -2.38. The van der Waals surface area contributed by atoms with Crippen LogP contribution in [0.2, 0.25) is 0 Å². The molecule has 0 spiro atoms. The minimum absolute atomic E-state index is 0.523. The van der Waals surface area contributed by atoms with E-state index in [1.54, 1.807) is 11.9 Å². The van der Waals surface area contributed by atoms with Crippen molar-refractivity contribution in [1.29, 1.82) is 0 Å². The summed E-state index contributed by atoms with van der Waals surface area (Å²) in [4.78, 5) is 0. The van der Waals surface area contributed by atoms with Gasteiger partial charge in [0.2, 0.25) is 7.37 Å². The molecule has 0 saturated heterocycles. The fourth-order valence-corrected chi connectivity index (χ4v) is 2.06. The van der Waals surface area contributed by atoms with E-state index in [2.05, 4.69) is 0 Å². The zero-order chi connectivity index (χ0) is 8.04. The lowest BCUT2D eigenvalue weighted by molar-refractivity contribution is 0.341. The molecule has 0 aliphatic carbocycles. The van der Waals surface area contributed by atoms with Crippen LogP contribution in [0.4, 0.5) is 0 Å². The van der Waals surface area contributed by atoms with Crippen LogP contribution in [0.5, 0.6) is 0 Å². The molecule has 60 valence electrons. The summed E-state index contributed by atoms with van der Waals surface area (Å²) >= 11 is 0. The predicted molar refractivity (Wildman–Crippen MR) is 44.6 cm³/mol. The second-order valence-corrected chi connectivity index (χ2v) is 4.58. The third-order valence-corrected chi connectivity index (χ3v) is 3.49. The van der Waals surface area contributed by atoms with Gasteiger partial charge >= 0.3 is 0 Å². The highest BCUT2D eigenvalue weighted by Crippen LogP contribution is 2.47. The summed E-state index contributed by atoms with van der Waals surface area (Å²) in [6, 6.07) is 0. The van der Waals surface area contributed by atoms with E-state index in [-0.39, 0.29) is 0 Å². The largest absolute Gasteiger partial charge is 0.326 e. The Kier molecular flexibility index (Phi) is 4.67. The van der Waals surface area contributed by atoms with Crippen LogP contribution in [-0.4, -0.2) is 12.8 Å². The summed E-state index contributed by atoms with van der Waals surface area (Å²) in [6.45, 7) is 6.10. The van der Waals surface area contributed by atoms with Crippen LogP contribution in [0.15, 0.2) is 11.9 Å². The average molecular weight is 162 g/mol. The molecule has 0 aromatic heterocycles. The lowest BCUT2D eigenvalue weighted by atomic mass is 10.8. The molecule has 0 N–H and O–H groups in total. The molecule has 2 nitrogen and oxygen atoms in total. The molecule has 0 aromatic rings. The van der Waals surface area contributed by atoms with Crippen LogP contribution in [0, 0.1) is 0 Å². The van der Waals surface area contributed by atoms with Crippen molar-refractivity contribution in [3.05, 3.63) is 11.9 Å². The molecule has 0 radical (unpaired) electrons. The maximum Gasteiger partial charge on any atom is 0.224 e. The Morgan fingerprint density at radius 2 is 2.10 bits per heavy atom. The van der Waals surface area contributed by atoms with Crippen molar-refractivity contribution >= 4 is 7.37 Å². The van der Waals surface area contributed by atoms with Crippen molar-refractivity contribution in [2.24, 2.45) is 0 Å². The molecule has 3 heteroatoms. The van der Waals surface area contributed by atoms with Crippen molar-refractivity contribution in [2.45, 2.75) is 20.8 Å². The van der Waals surface area contributed by atoms with Gasteiger partial charge in [-0.2, -0.15) is 0 Å². The van der Waals surface area contributed by atoms with E-state index in [4.69, 9.17) is 4.52 Å². The molecule has 0 aliphatic rings. The van der Waals surface area contributed by atoms with E-state index in [9.17, 15) is 4.57 Å². The molecule has 1 unspecified atom stereocenters. The fourth-order valence-electron chi connectivity index (χ4n) is 0.685. The normalized spacial score (nSPS) is 17.5. The van der Waals surface area contributed by atoms with E-state index >= 15 is 0 Å². The second kappa shape index (κ2) is 4.70. The van der Waals surface area contributed by atoms with E-state index in [1.165, 1.54) is 0 Å². The minimum atomic E-state index is -2.38. The van der Waals surface area contributed by atoms with Gasteiger partial charge in [0.1, 0.15) is 0 Å². The highest BCUT2D eigenvalue weighted by atomic mass is 31.2. The molecule has 0 fully saturated rings. The Hall–Kier alpha value is -0.0700. The maximum atomic E-state index is 11.5. The molecular formula is C7H15O2P. The molecule has 0 saturated carbocycles. The Labute approximate surface area is 62.7 Å². The Morgan fingerprint density at radius 3 is 2.40 bits per heavy atom.